The molecular weight excluding hydrogens is 386 g/mol. The van der Waals surface area contributed by atoms with E-state index >= 15 is 0 Å². The van der Waals surface area contributed by atoms with Crippen LogP contribution in [0.25, 0.3) is 0 Å². The number of benzene rings is 2. The average molecular weight is 399 g/mol. The summed E-state index contributed by atoms with van der Waals surface area (Å²) in [6, 6.07) is 11.6. The Labute approximate surface area is 152 Å². The Balaban J connectivity index is 1.78. The minimum Gasteiger partial charge on any atom is -0.329 e. The molecule has 2 aromatic carbocycles. The summed E-state index contributed by atoms with van der Waals surface area (Å²) in [5, 5.41) is 3.30. The lowest BCUT2D eigenvalue weighted by Gasteiger charge is -2.05. The van der Waals surface area contributed by atoms with Crippen molar-refractivity contribution in [1.29, 1.82) is 0 Å². The normalized spacial score (nSPS) is 14.0. The van der Waals surface area contributed by atoms with Crippen molar-refractivity contribution in [3.8, 4) is 0 Å². The Morgan fingerprint density at radius 2 is 1.70 bits per heavy atom. The summed E-state index contributed by atoms with van der Waals surface area (Å²) >= 11 is 0. The Hall–Kier alpha value is -2.75. The molecule has 0 aliphatic heterocycles. The molecule has 0 N–H and O–H groups in total. The second-order valence-electron chi connectivity index (χ2n) is 5.70. The van der Waals surface area contributed by atoms with Gasteiger partial charge in [0.25, 0.3) is 0 Å². The quantitative estimate of drug-likeness (QED) is 0.601. The minimum absolute atomic E-state index is 0.0410. The minimum atomic E-state index is -4.68. The van der Waals surface area contributed by atoms with Crippen LogP contribution in [0, 0.1) is 5.82 Å². The number of halogens is 4. The van der Waals surface area contributed by atoms with Gasteiger partial charge in [0.15, 0.2) is 5.82 Å². The second-order valence-corrected chi connectivity index (χ2v) is 7.96. The van der Waals surface area contributed by atoms with E-state index in [9.17, 15) is 21.8 Å². The van der Waals surface area contributed by atoms with Gasteiger partial charge in [0.05, 0.1) is 15.4 Å². The van der Waals surface area contributed by atoms with Gasteiger partial charge in [-0.2, -0.15) is 22.5 Å². The molecule has 0 saturated heterocycles. The summed E-state index contributed by atoms with van der Waals surface area (Å²) < 4.78 is 71.4. The highest BCUT2D eigenvalue weighted by Gasteiger charge is 2.38. The van der Waals surface area contributed by atoms with E-state index in [1.807, 2.05) is 0 Å². The number of nitrogens with zero attached hydrogens (tertiary/aromatic N) is 3. The summed E-state index contributed by atoms with van der Waals surface area (Å²) in [6.07, 6.45) is -3.21. The molecule has 1 atom stereocenters. The topological polar surface area (TPSA) is 68.3 Å². The maximum Gasteiger partial charge on any atom is 0.471 e. The van der Waals surface area contributed by atoms with Crippen LogP contribution < -0.4 is 0 Å². The van der Waals surface area contributed by atoms with Crippen LogP contribution in [0.5, 0.6) is 0 Å². The van der Waals surface area contributed by atoms with Crippen LogP contribution >= 0.6 is 0 Å². The molecule has 0 saturated carbocycles. The van der Waals surface area contributed by atoms with Gasteiger partial charge in [-0.15, -0.1) is 0 Å². The van der Waals surface area contributed by atoms with Crippen molar-refractivity contribution in [2.24, 2.45) is 4.36 Å². The maximum atomic E-state index is 13.0. The number of alkyl halides is 3. The number of rotatable bonds is 4. The first-order valence-corrected chi connectivity index (χ1v) is 9.52. The van der Waals surface area contributed by atoms with Gasteiger partial charge < -0.3 is 4.52 Å². The van der Waals surface area contributed by atoms with Crippen molar-refractivity contribution in [1.82, 2.24) is 10.1 Å². The van der Waals surface area contributed by atoms with E-state index in [1.54, 1.807) is 24.3 Å². The molecule has 27 heavy (non-hydrogen) atoms. The molecule has 0 amide bonds. The fourth-order valence-corrected chi connectivity index (χ4v) is 3.51. The zero-order valence-electron chi connectivity index (χ0n) is 13.9. The average Bonchev–Trinajstić information content (AvgIpc) is 3.06. The number of aromatic nitrogens is 2. The fourth-order valence-electron chi connectivity index (χ4n) is 2.24. The van der Waals surface area contributed by atoms with E-state index < -0.39 is 27.6 Å². The summed E-state index contributed by atoms with van der Waals surface area (Å²) in [5.41, 5.74) is 1.05. The zero-order valence-corrected chi connectivity index (χ0v) is 14.7. The predicted molar refractivity (Wildman–Crippen MR) is 89.4 cm³/mol. The number of hydrogen-bond acceptors (Lipinski definition) is 5. The third-order valence-electron chi connectivity index (χ3n) is 3.54. The van der Waals surface area contributed by atoms with E-state index in [4.69, 9.17) is 0 Å². The Morgan fingerprint density at radius 3 is 2.26 bits per heavy atom. The van der Waals surface area contributed by atoms with Crippen molar-refractivity contribution in [3.05, 3.63) is 71.6 Å². The first-order chi connectivity index (χ1) is 12.6. The molecule has 0 aliphatic rings. The monoisotopic (exact) mass is 399 g/mol. The molecule has 3 aromatic rings. The van der Waals surface area contributed by atoms with Gasteiger partial charge in [0.1, 0.15) is 5.82 Å². The van der Waals surface area contributed by atoms with Crippen LogP contribution in [0.15, 0.2) is 62.3 Å². The van der Waals surface area contributed by atoms with Crippen molar-refractivity contribution in [3.63, 3.8) is 0 Å². The van der Waals surface area contributed by atoms with Gasteiger partial charge in [0, 0.05) is 17.6 Å². The standard InChI is InChI=1S/C17H13F4N3O2S/c1-27(25,14-8-4-12(18)5-9-14)24-13-6-2-11(3-7-13)10-15-22-16(26-23-15)17(19,20)21/h2-9H,10H2,1H3. The van der Waals surface area contributed by atoms with Gasteiger partial charge in [-0.05, 0) is 42.0 Å². The van der Waals surface area contributed by atoms with Crippen LogP contribution in [0.1, 0.15) is 17.3 Å². The smallest absolute Gasteiger partial charge is 0.329 e. The summed E-state index contributed by atoms with van der Waals surface area (Å²) in [7, 11) is -2.77. The van der Waals surface area contributed by atoms with E-state index in [2.05, 4.69) is 19.0 Å². The van der Waals surface area contributed by atoms with Crippen LogP contribution in [-0.4, -0.2) is 20.6 Å². The molecule has 0 spiro atoms. The molecular formula is C17H13F4N3O2S. The number of hydrogen-bond donors (Lipinski definition) is 0. The predicted octanol–water partition coefficient (Wildman–Crippen LogP) is 4.61. The second kappa shape index (κ2) is 7.10. The largest absolute Gasteiger partial charge is 0.471 e. The third kappa shape index (κ3) is 4.70. The highest BCUT2D eigenvalue weighted by atomic mass is 32.2. The Bertz CT molecular complexity index is 1050. The lowest BCUT2D eigenvalue weighted by Crippen LogP contribution is -2.05. The summed E-state index contributed by atoms with van der Waals surface area (Å²) in [6.45, 7) is 0. The molecule has 142 valence electrons. The van der Waals surface area contributed by atoms with E-state index in [0.29, 0.717) is 16.1 Å². The molecule has 0 bridgehead atoms. The van der Waals surface area contributed by atoms with Crippen molar-refractivity contribution in [2.45, 2.75) is 17.5 Å². The lowest BCUT2D eigenvalue weighted by molar-refractivity contribution is -0.159. The van der Waals surface area contributed by atoms with Crippen LogP contribution in [0.3, 0.4) is 0 Å². The molecule has 1 aromatic heterocycles. The van der Waals surface area contributed by atoms with Crippen LogP contribution in [0.2, 0.25) is 0 Å². The molecule has 10 heteroatoms. The van der Waals surface area contributed by atoms with Gasteiger partial charge in [-0.1, -0.05) is 17.3 Å². The van der Waals surface area contributed by atoms with Crippen LogP contribution in [-0.2, 0) is 22.3 Å². The molecule has 0 fully saturated rings. The van der Waals surface area contributed by atoms with E-state index in [1.165, 1.54) is 30.5 Å². The first-order valence-electron chi connectivity index (χ1n) is 7.60. The molecule has 0 radical (unpaired) electrons. The van der Waals surface area contributed by atoms with Gasteiger partial charge >= 0.3 is 12.1 Å². The van der Waals surface area contributed by atoms with E-state index in [-0.39, 0.29) is 12.2 Å². The molecule has 5 nitrogen and oxygen atoms in total. The summed E-state index contributed by atoms with van der Waals surface area (Å²) in [4.78, 5) is 3.69. The molecule has 0 aliphatic carbocycles. The SMILES string of the molecule is CS(=O)(=Nc1ccc(Cc2noc(C(F)(F)F)n2)cc1)c1ccc(F)cc1. The Kier molecular flexibility index (Phi) is 5.01. The third-order valence-corrected chi connectivity index (χ3v) is 5.25. The highest BCUT2D eigenvalue weighted by molar-refractivity contribution is 7.93. The zero-order chi connectivity index (χ0) is 19.7. The Morgan fingerprint density at radius 1 is 1.07 bits per heavy atom. The van der Waals surface area contributed by atoms with Gasteiger partial charge in [-0.25, -0.2) is 8.60 Å². The van der Waals surface area contributed by atoms with Crippen molar-refractivity contribution >= 4 is 15.4 Å². The van der Waals surface area contributed by atoms with E-state index in [0.717, 1.165) is 0 Å². The van der Waals surface area contributed by atoms with Crippen molar-refractivity contribution < 1.29 is 26.3 Å². The van der Waals surface area contributed by atoms with Crippen molar-refractivity contribution in [2.75, 3.05) is 6.26 Å². The highest BCUT2D eigenvalue weighted by Crippen LogP contribution is 2.28. The fraction of sp³-hybridized carbons (Fsp3) is 0.176. The first kappa shape index (κ1) is 19.0. The van der Waals surface area contributed by atoms with Gasteiger partial charge in [0.2, 0.25) is 0 Å². The summed E-state index contributed by atoms with van der Waals surface area (Å²) in [5.74, 6) is -1.93. The van der Waals surface area contributed by atoms with Gasteiger partial charge in [-0.3, -0.25) is 0 Å². The molecule has 3 rings (SSSR count). The molecule has 1 unspecified atom stereocenters. The van der Waals surface area contributed by atoms with Crippen LogP contribution in [0.4, 0.5) is 23.2 Å². The molecule has 1 heterocycles. The maximum absolute atomic E-state index is 13.0. The lowest BCUT2D eigenvalue weighted by atomic mass is 10.1.